The largest absolute Gasteiger partial charge is 0.462 e. The molecule has 0 saturated carbocycles. The number of aromatic amines is 1. The van der Waals surface area contributed by atoms with Crippen LogP contribution in [0.15, 0.2) is 30.5 Å². The minimum atomic E-state index is -0.488. The Balaban J connectivity index is 1.37. The van der Waals surface area contributed by atoms with E-state index in [2.05, 4.69) is 32.1 Å². The highest BCUT2D eigenvalue weighted by Gasteiger charge is 2.34. The van der Waals surface area contributed by atoms with Crippen molar-refractivity contribution in [1.29, 1.82) is 0 Å². The van der Waals surface area contributed by atoms with Gasteiger partial charge in [-0.05, 0) is 63.5 Å². The summed E-state index contributed by atoms with van der Waals surface area (Å²) in [6, 6.07) is 8.58. The van der Waals surface area contributed by atoms with Gasteiger partial charge in [0.05, 0.1) is 5.02 Å². The molecule has 5 heterocycles. The first-order valence-corrected chi connectivity index (χ1v) is 14.0. The fourth-order valence-electron chi connectivity index (χ4n) is 6.34. The number of H-pyrrole nitrogens is 1. The first-order valence-electron chi connectivity index (χ1n) is 13.3. The average Bonchev–Trinajstić information content (AvgIpc) is 3.60. The summed E-state index contributed by atoms with van der Waals surface area (Å²) < 4.78 is 22.6. The van der Waals surface area contributed by atoms with Crippen LogP contribution in [0.1, 0.15) is 25.7 Å². The normalized spacial score (nSPS) is 23.7. The lowest BCUT2D eigenvalue weighted by molar-refractivity contribution is 0.188. The number of ether oxygens (including phenoxy) is 1. The number of halogens is 3. The van der Waals surface area contributed by atoms with Crippen molar-refractivity contribution in [1.82, 2.24) is 25.2 Å². The van der Waals surface area contributed by atoms with Gasteiger partial charge in [0.25, 0.3) is 0 Å². The first-order chi connectivity index (χ1) is 18.4. The summed E-state index contributed by atoms with van der Waals surface area (Å²) in [4.78, 5) is 17.2. The molecule has 38 heavy (non-hydrogen) atoms. The summed E-state index contributed by atoms with van der Waals surface area (Å²) >= 11 is 13.1. The number of hydrogen-bond donors (Lipinski definition) is 2. The zero-order chi connectivity index (χ0) is 26.0. The van der Waals surface area contributed by atoms with Crippen molar-refractivity contribution in [3.05, 3.63) is 46.3 Å². The number of fused-ring (bicyclic) bond motifs is 4. The number of rotatable bonds is 5. The van der Waals surface area contributed by atoms with E-state index in [-0.39, 0.29) is 11.5 Å². The van der Waals surface area contributed by atoms with Gasteiger partial charge >= 0.3 is 6.01 Å². The molecule has 0 radical (unpaired) electrons. The van der Waals surface area contributed by atoms with Crippen LogP contribution in [-0.4, -0.2) is 71.3 Å². The fraction of sp³-hybridized carbons (Fsp3) is 0.429. The standard InChI is InChI=1S/C28H29Cl2FN6O/c1-36-8-2-3-18(36)14-38-28-34-26-20(27(35-28)37-12-16-5-6-17(13-37)33-16)10-22(30)24(25(26)31)21-11-32-23-7-4-15(29)9-19(21)23/h4,7,9-11,16-18,32-33H,2-3,5-6,8,12-14H2,1H3/t16-,17+,18-/m0/s1. The maximum absolute atomic E-state index is 16.5. The van der Waals surface area contributed by atoms with Gasteiger partial charge in [-0.15, -0.1) is 0 Å². The summed E-state index contributed by atoms with van der Waals surface area (Å²) in [5.41, 5.74) is 2.00. The number of nitrogens with zero attached hydrogens (tertiary/aromatic N) is 4. The summed E-state index contributed by atoms with van der Waals surface area (Å²) in [5.74, 6) is 0.190. The number of likely N-dealkylation sites (tertiary alicyclic amines) is 1. The van der Waals surface area contributed by atoms with Crippen molar-refractivity contribution in [3.63, 3.8) is 0 Å². The zero-order valence-electron chi connectivity index (χ0n) is 21.1. The predicted octanol–water partition coefficient (Wildman–Crippen LogP) is 5.64. The first kappa shape index (κ1) is 24.4. The Morgan fingerprint density at radius 3 is 2.66 bits per heavy atom. The van der Waals surface area contributed by atoms with Crippen molar-refractivity contribution < 1.29 is 9.13 Å². The predicted molar refractivity (Wildman–Crippen MR) is 150 cm³/mol. The van der Waals surface area contributed by atoms with Crippen LogP contribution in [0.5, 0.6) is 6.01 Å². The summed E-state index contributed by atoms with van der Waals surface area (Å²) in [5, 5.41) is 5.93. The number of anilines is 1. The number of nitrogens with one attached hydrogen (secondary N) is 2. The van der Waals surface area contributed by atoms with E-state index in [1.165, 1.54) is 0 Å². The number of benzene rings is 2. The van der Waals surface area contributed by atoms with Gasteiger partial charge in [0, 0.05) is 69.9 Å². The molecule has 2 aromatic carbocycles. The second kappa shape index (κ2) is 9.52. The molecule has 0 unspecified atom stereocenters. The highest BCUT2D eigenvalue weighted by Crippen LogP contribution is 2.42. The van der Waals surface area contributed by atoms with Crippen molar-refractivity contribution in [2.45, 2.75) is 43.8 Å². The van der Waals surface area contributed by atoms with Gasteiger partial charge in [-0.1, -0.05) is 23.2 Å². The highest BCUT2D eigenvalue weighted by molar-refractivity contribution is 6.35. The minimum absolute atomic E-state index is 0.202. The van der Waals surface area contributed by atoms with Gasteiger partial charge in [-0.25, -0.2) is 4.39 Å². The van der Waals surface area contributed by atoms with Gasteiger partial charge in [-0.2, -0.15) is 9.97 Å². The Kier molecular flexibility index (Phi) is 6.11. The Labute approximate surface area is 230 Å². The maximum atomic E-state index is 16.5. The second-order valence-electron chi connectivity index (χ2n) is 10.8. The van der Waals surface area contributed by atoms with Crippen LogP contribution in [0.4, 0.5) is 10.2 Å². The lowest BCUT2D eigenvalue weighted by Crippen LogP contribution is -2.51. The third-order valence-electron chi connectivity index (χ3n) is 8.35. The molecule has 2 N–H and O–H groups in total. The molecule has 0 amide bonds. The van der Waals surface area contributed by atoms with Crippen LogP contribution in [0.25, 0.3) is 32.9 Å². The number of piperazine rings is 1. The third-order valence-corrected chi connectivity index (χ3v) is 8.88. The molecule has 0 aliphatic carbocycles. The molecule has 3 fully saturated rings. The molecule has 7 nitrogen and oxygen atoms in total. The lowest BCUT2D eigenvalue weighted by Gasteiger charge is -2.34. The second-order valence-corrected chi connectivity index (χ2v) is 11.6. The topological polar surface area (TPSA) is 69.3 Å². The van der Waals surface area contributed by atoms with E-state index in [0.717, 1.165) is 56.2 Å². The van der Waals surface area contributed by atoms with E-state index >= 15 is 4.39 Å². The Hall–Kier alpha value is -2.65. The number of aromatic nitrogens is 3. The molecule has 0 spiro atoms. The molecule has 4 aromatic rings. The Bertz CT molecular complexity index is 1530. The van der Waals surface area contributed by atoms with Crippen molar-refractivity contribution in [2.24, 2.45) is 0 Å². The maximum Gasteiger partial charge on any atom is 0.319 e. The third kappa shape index (κ3) is 4.18. The van der Waals surface area contributed by atoms with E-state index in [0.29, 0.717) is 57.1 Å². The Morgan fingerprint density at radius 1 is 1.08 bits per heavy atom. The average molecular weight is 555 g/mol. The fourth-order valence-corrected chi connectivity index (χ4v) is 6.81. The van der Waals surface area contributed by atoms with E-state index in [1.807, 2.05) is 12.1 Å². The molecule has 7 rings (SSSR count). The Morgan fingerprint density at radius 2 is 1.89 bits per heavy atom. The molecule has 3 atom stereocenters. The van der Waals surface area contributed by atoms with Crippen LogP contribution >= 0.6 is 23.2 Å². The summed E-state index contributed by atoms with van der Waals surface area (Å²) in [6.07, 6.45) is 6.23. The van der Waals surface area contributed by atoms with E-state index in [4.69, 9.17) is 32.9 Å². The molecular formula is C28H29Cl2FN6O. The molecular weight excluding hydrogens is 526 g/mol. The molecule has 3 aliphatic rings. The summed E-state index contributed by atoms with van der Waals surface area (Å²) in [6.45, 7) is 3.12. The molecule has 2 aromatic heterocycles. The molecule has 3 aliphatic heterocycles. The van der Waals surface area contributed by atoms with Crippen LogP contribution < -0.4 is 15.0 Å². The minimum Gasteiger partial charge on any atom is -0.462 e. The van der Waals surface area contributed by atoms with Gasteiger partial charge in [0.2, 0.25) is 0 Å². The lowest BCUT2D eigenvalue weighted by atomic mass is 10.0. The van der Waals surface area contributed by atoms with Gasteiger partial charge < -0.3 is 24.8 Å². The van der Waals surface area contributed by atoms with Gasteiger partial charge in [0.15, 0.2) is 5.82 Å². The number of hydrogen-bond acceptors (Lipinski definition) is 6. The van der Waals surface area contributed by atoms with Crippen molar-refractivity contribution in [3.8, 4) is 17.1 Å². The van der Waals surface area contributed by atoms with E-state index < -0.39 is 5.82 Å². The quantitative estimate of drug-likeness (QED) is 0.333. The SMILES string of the molecule is CN1CCC[C@H]1COc1nc(N2C[C@H]3CC[C@@H](C2)N3)c2cc(Cl)c(-c3c[nH]c4ccc(Cl)cc34)c(F)c2n1. The number of likely N-dealkylation sites (N-methyl/N-ethyl adjacent to an activating group) is 1. The molecule has 198 valence electrons. The van der Waals surface area contributed by atoms with Crippen LogP contribution in [0.3, 0.4) is 0 Å². The smallest absolute Gasteiger partial charge is 0.319 e. The van der Waals surface area contributed by atoms with Gasteiger partial charge in [0.1, 0.15) is 17.9 Å². The highest BCUT2D eigenvalue weighted by atomic mass is 35.5. The van der Waals surface area contributed by atoms with Crippen LogP contribution in [0.2, 0.25) is 10.0 Å². The van der Waals surface area contributed by atoms with Crippen molar-refractivity contribution >= 4 is 50.8 Å². The van der Waals surface area contributed by atoms with E-state index in [1.54, 1.807) is 18.3 Å². The van der Waals surface area contributed by atoms with Gasteiger partial charge in [-0.3, -0.25) is 0 Å². The summed E-state index contributed by atoms with van der Waals surface area (Å²) in [7, 11) is 2.10. The molecule has 3 saturated heterocycles. The van der Waals surface area contributed by atoms with Crippen LogP contribution in [-0.2, 0) is 0 Å². The van der Waals surface area contributed by atoms with Crippen LogP contribution in [0, 0.1) is 5.82 Å². The molecule has 10 heteroatoms. The monoisotopic (exact) mass is 554 g/mol. The van der Waals surface area contributed by atoms with Crippen molar-refractivity contribution in [2.75, 3.05) is 38.2 Å². The zero-order valence-corrected chi connectivity index (χ0v) is 22.6. The molecule has 2 bridgehead atoms. The van der Waals surface area contributed by atoms with E-state index in [9.17, 15) is 0 Å².